The molecule has 0 aliphatic rings. The molecule has 0 N–H and O–H groups in total. The SMILES string of the molecule is O=S(=O)([O-])[O-].O=S(=O)([O-])[O-].[Hg+2].[Hg+].[Hg+]. The molecule has 0 spiro atoms. The molecule has 8 nitrogen and oxygen atoms in total. The Morgan fingerprint density at radius 3 is 0.615 bits per heavy atom. The van der Waals surface area contributed by atoms with Gasteiger partial charge >= 0.3 is 83.0 Å². The van der Waals surface area contributed by atoms with Gasteiger partial charge in [-0.1, -0.05) is 0 Å². The van der Waals surface area contributed by atoms with Gasteiger partial charge in [-0.25, -0.2) is 0 Å². The van der Waals surface area contributed by atoms with Crippen LogP contribution in [0.4, 0.5) is 0 Å². The van der Waals surface area contributed by atoms with Gasteiger partial charge in [0.05, 0.1) is 0 Å². The summed E-state index contributed by atoms with van der Waals surface area (Å²) >= 11 is 0. The van der Waals surface area contributed by atoms with Crippen molar-refractivity contribution in [1.29, 1.82) is 0 Å². The van der Waals surface area contributed by atoms with Crippen LogP contribution in [0.1, 0.15) is 0 Å². The summed E-state index contributed by atoms with van der Waals surface area (Å²) in [5.41, 5.74) is 0. The Balaban J connectivity index is -0.0000000267. The van der Waals surface area contributed by atoms with Crippen molar-refractivity contribution < 1.29 is 118 Å². The molecule has 0 aromatic heterocycles. The van der Waals surface area contributed by atoms with Crippen molar-refractivity contribution in [2.45, 2.75) is 0 Å². The zero-order chi connectivity index (χ0) is 9.00. The van der Waals surface area contributed by atoms with Crippen LogP contribution in [0.5, 0.6) is 0 Å². The van der Waals surface area contributed by atoms with E-state index in [2.05, 4.69) is 0 Å². The van der Waals surface area contributed by atoms with Gasteiger partial charge in [0, 0.05) is 20.8 Å². The van der Waals surface area contributed by atoms with Crippen LogP contribution in [0, 0.1) is 0 Å². The van der Waals surface area contributed by atoms with Crippen LogP contribution in [0.25, 0.3) is 0 Å². The molecule has 2 radical (unpaired) electrons. The van der Waals surface area contributed by atoms with Gasteiger partial charge in [0.1, 0.15) is 0 Å². The molecular weight excluding hydrogens is 794 g/mol. The van der Waals surface area contributed by atoms with Gasteiger partial charge in [0.25, 0.3) is 0 Å². The number of hydrogen-bond acceptors (Lipinski definition) is 8. The minimum atomic E-state index is -5.17. The first-order valence-electron chi connectivity index (χ1n) is 1.33. The smallest absolute Gasteiger partial charge is 0.759 e. The van der Waals surface area contributed by atoms with Crippen molar-refractivity contribution >= 4 is 20.8 Å². The van der Waals surface area contributed by atoms with Crippen molar-refractivity contribution in [1.82, 2.24) is 0 Å². The quantitative estimate of drug-likeness (QED) is 0.146. The Morgan fingerprint density at radius 1 is 0.615 bits per heavy atom. The fraction of sp³-hybridized carbons (Fsp3) is 0. The van der Waals surface area contributed by atoms with Crippen molar-refractivity contribution in [2.75, 3.05) is 0 Å². The van der Waals surface area contributed by atoms with Crippen LogP contribution in [0.15, 0.2) is 0 Å². The largest absolute Gasteiger partial charge is 2.00 e. The predicted octanol–water partition coefficient (Wildman–Crippen LogP) is -2.68. The Hall–Kier alpha value is 2.55. The molecule has 0 rings (SSSR count). The number of rotatable bonds is 0. The molecule has 0 heterocycles. The summed E-state index contributed by atoms with van der Waals surface area (Å²) in [6.45, 7) is 0. The molecule has 0 aliphatic heterocycles. The molecule has 0 atom stereocenters. The maximum absolute atomic E-state index is 8.52. The van der Waals surface area contributed by atoms with E-state index >= 15 is 0 Å². The topological polar surface area (TPSA) is 161 Å². The Morgan fingerprint density at radius 2 is 0.615 bits per heavy atom. The molecule has 0 aliphatic carbocycles. The summed E-state index contributed by atoms with van der Waals surface area (Å²) in [7, 11) is -10.3. The number of hydrogen-bond donors (Lipinski definition) is 0. The molecule has 0 fully saturated rings. The minimum Gasteiger partial charge on any atom is -0.759 e. The van der Waals surface area contributed by atoms with Crippen LogP contribution in [-0.4, -0.2) is 35.0 Å². The van der Waals surface area contributed by atoms with Crippen LogP contribution < -0.4 is 0 Å². The molecule has 0 aromatic rings. The van der Waals surface area contributed by atoms with E-state index in [-0.39, 0.29) is 83.0 Å². The first-order chi connectivity index (χ1) is 4.00. The summed E-state index contributed by atoms with van der Waals surface area (Å²) < 4.78 is 68.2. The molecule has 66 valence electrons. The zero-order valence-electron chi connectivity index (χ0n) is 6.20. The van der Waals surface area contributed by atoms with E-state index in [1.54, 1.807) is 0 Å². The first-order valence-corrected chi connectivity index (χ1v) is 4.00. The van der Waals surface area contributed by atoms with Crippen LogP contribution in [0.3, 0.4) is 0 Å². The average Bonchev–Trinajstić information content (AvgIpc) is 1.12. The van der Waals surface area contributed by atoms with Crippen LogP contribution in [-0.2, 0) is 104 Å². The second kappa shape index (κ2) is 12.6. The molecule has 0 bridgehead atoms. The van der Waals surface area contributed by atoms with Crippen molar-refractivity contribution in [2.24, 2.45) is 0 Å². The fourth-order valence-corrected chi connectivity index (χ4v) is 0. The van der Waals surface area contributed by atoms with Crippen LogP contribution in [0.2, 0.25) is 0 Å². The van der Waals surface area contributed by atoms with Crippen molar-refractivity contribution in [3.63, 3.8) is 0 Å². The Bertz CT molecular complexity index is 214. The summed E-state index contributed by atoms with van der Waals surface area (Å²) in [6.07, 6.45) is 0. The molecule has 0 unspecified atom stereocenters. The maximum Gasteiger partial charge on any atom is 2.00 e. The van der Waals surface area contributed by atoms with Gasteiger partial charge in [-0.2, -0.15) is 0 Å². The van der Waals surface area contributed by atoms with Gasteiger partial charge in [-0.15, -0.1) is 0 Å². The second-order valence-electron chi connectivity index (χ2n) is 0.816. The van der Waals surface area contributed by atoms with E-state index in [4.69, 9.17) is 35.0 Å². The van der Waals surface area contributed by atoms with Gasteiger partial charge < -0.3 is 18.2 Å². The fourth-order valence-electron chi connectivity index (χ4n) is 0. The molecule has 0 saturated carbocycles. The molecule has 0 aromatic carbocycles. The average molecular weight is 794 g/mol. The summed E-state index contributed by atoms with van der Waals surface area (Å²) in [6, 6.07) is 0. The summed E-state index contributed by atoms with van der Waals surface area (Å²) in [4.78, 5) is 0. The van der Waals surface area contributed by atoms with Gasteiger partial charge in [-0.05, 0) is 0 Å². The van der Waals surface area contributed by atoms with Gasteiger partial charge in [-0.3, -0.25) is 16.8 Å². The van der Waals surface area contributed by atoms with E-state index < -0.39 is 20.8 Å². The van der Waals surface area contributed by atoms with E-state index in [0.29, 0.717) is 0 Å². The normalized spacial score (nSPS) is 8.92. The third-order valence-corrected chi connectivity index (χ3v) is 0. The van der Waals surface area contributed by atoms with E-state index in [9.17, 15) is 0 Å². The predicted molar refractivity (Wildman–Crippen MR) is 20.9 cm³/mol. The Labute approximate surface area is 137 Å². The first kappa shape index (κ1) is 29.6. The molecule has 13 heteroatoms. The third kappa shape index (κ3) is 353. The third-order valence-electron chi connectivity index (χ3n) is 0. The van der Waals surface area contributed by atoms with E-state index in [1.807, 2.05) is 0 Å². The summed E-state index contributed by atoms with van der Waals surface area (Å²) in [5.74, 6) is 0. The zero-order valence-corrected chi connectivity index (χ0v) is 24.3. The van der Waals surface area contributed by atoms with Crippen LogP contribution >= 0.6 is 0 Å². The molecule has 13 heavy (non-hydrogen) atoms. The standard InChI is InChI=1S/3Hg.2H2O4S/c;;;2*1-5(2,3)4/h;;;2*(H2,1,2,3,4)/q2*+1;+2;;/p-4. The minimum absolute atomic E-state index is 0. The molecular formula is Hg3O8S2. The van der Waals surface area contributed by atoms with Crippen molar-refractivity contribution in [3.05, 3.63) is 0 Å². The van der Waals surface area contributed by atoms with Gasteiger partial charge in [0.2, 0.25) is 0 Å². The monoisotopic (exact) mass is 798 g/mol. The maximum atomic E-state index is 8.52. The Kier molecular flexibility index (Phi) is 28.7. The van der Waals surface area contributed by atoms with Crippen molar-refractivity contribution in [3.8, 4) is 0 Å². The van der Waals surface area contributed by atoms with E-state index in [1.165, 1.54) is 0 Å². The van der Waals surface area contributed by atoms with E-state index in [0.717, 1.165) is 0 Å². The van der Waals surface area contributed by atoms with Gasteiger partial charge in [0.15, 0.2) is 0 Å². The molecule has 0 amide bonds. The second-order valence-corrected chi connectivity index (χ2v) is 2.45. The summed E-state index contributed by atoms with van der Waals surface area (Å²) in [5, 5.41) is 0. The molecule has 0 saturated heterocycles.